The molecule has 20 heavy (non-hydrogen) atoms. The van der Waals surface area contributed by atoms with E-state index in [1.807, 2.05) is 18.2 Å². The monoisotopic (exact) mass is 275 g/mol. The third kappa shape index (κ3) is 3.00. The zero-order chi connectivity index (χ0) is 14.8. The van der Waals surface area contributed by atoms with Gasteiger partial charge in [0, 0.05) is 12.5 Å². The maximum atomic E-state index is 12.0. The van der Waals surface area contributed by atoms with Gasteiger partial charge in [0.05, 0.1) is 5.92 Å². The lowest BCUT2D eigenvalue weighted by Gasteiger charge is -2.14. The Morgan fingerprint density at radius 1 is 1.40 bits per heavy atom. The molecule has 0 saturated heterocycles. The molecule has 4 nitrogen and oxygen atoms in total. The molecular weight excluding hydrogens is 254 g/mol. The van der Waals surface area contributed by atoms with Gasteiger partial charge in [-0.25, -0.2) is 0 Å². The van der Waals surface area contributed by atoms with E-state index in [0.717, 1.165) is 12.8 Å². The number of carboxylic acids is 1. The van der Waals surface area contributed by atoms with Crippen LogP contribution < -0.4 is 5.32 Å². The highest BCUT2D eigenvalue weighted by Crippen LogP contribution is 2.54. The number of hydrogen-bond donors (Lipinski definition) is 2. The van der Waals surface area contributed by atoms with Gasteiger partial charge in [0.1, 0.15) is 0 Å². The van der Waals surface area contributed by atoms with Crippen molar-refractivity contribution in [3.63, 3.8) is 0 Å². The van der Waals surface area contributed by atoms with Gasteiger partial charge in [-0.15, -0.1) is 0 Å². The molecule has 0 heterocycles. The smallest absolute Gasteiger partial charge is 0.312 e. The fourth-order valence-electron chi connectivity index (χ4n) is 2.57. The Morgan fingerprint density at radius 3 is 2.55 bits per heavy atom. The van der Waals surface area contributed by atoms with Crippen molar-refractivity contribution < 1.29 is 14.7 Å². The molecule has 1 aromatic carbocycles. The minimum atomic E-state index is -0.912. The van der Waals surface area contributed by atoms with Crippen molar-refractivity contribution in [3.05, 3.63) is 35.9 Å². The molecule has 1 aromatic rings. The summed E-state index contributed by atoms with van der Waals surface area (Å²) in [5, 5.41) is 12.1. The number of rotatable bonds is 6. The third-order valence-corrected chi connectivity index (χ3v) is 4.46. The van der Waals surface area contributed by atoms with Crippen LogP contribution >= 0.6 is 0 Å². The van der Waals surface area contributed by atoms with Gasteiger partial charge in [0.15, 0.2) is 0 Å². The van der Waals surface area contributed by atoms with E-state index < -0.39 is 11.9 Å². The van der Waals surface area contributed by atoms with Crippen molar-refractivity contribution in [3.8, 4) is 0 Å². The van der Waals surface area contributed by atoms with E-state index in [0.29, 0.717) is 5.56 Å². The van der Waals surface area contributed by atoms with Crippen LogP contribution in [0.25, 0.3) is 0 Å². The molecule has 3 unspecified atom stereocenters. The molecule has 3 atom stereocenters. The number of nitrogens with one attached hydrogen (secondary N) is 1. The van der Waals surface area contributed by atoms with E-state index in [4.69, 9.17) is 0 Å². The number of carbonyl (C=O) groups is 2. The lowest BCUT2D eigenvalue weighted by atomic mass is 9.99. The van der Waals surface area contributed by atoms with Gasteiger partial charge in [-0.2, -0.15) is 0 Å². The Balaban J connectivity index is 1.94. The molecule has 1 aliphatic carbocycles. The molecule has 0 aliphatic heterocycles. The number of hydrogen-bond acceptors (Lipinski definition) is 2. The molecule has 0 aromatic heterocycles. The van der Waals surface area contributed by atoms with Crippen LogP contribution in [0.5, 0.6) is 0 Å². The number of benzene rings is 1. The van der Waals surface area contributed by atoms with Gasteiger partial charge in [-0.3, -0.25) is 9.59 Å². The van der Waals surface area contributed by atoms with Crippen LogP contribution in [0.15, 0.2) is 30.3 Å². The number of amides is 1. The van der Waals surface area contributed by atoms with Gasteiger partial charge in [0.25, 0.3) is 0 Å². The summed E-state index contributed by atoms with van der Waals surface area (Å²) in [4.78, 5) is 23.4. The van der Waals surface area contributed by atoms with Crippen molar-refractivity contribution in [2.75, 3.05) is 6.54 Å². The zero-order valence-corrected chi connectivity index (χ0v) is 11.9. The average Bonchev–Trinajstić information content (AvgIpc) is 3.13. The second kappa shape index (κ2) is 5.65. The molecule has 4 heteroatoms. The maximum Gasteiger partial charge on any atom is 0.312 e. The minimum absolute atomic E-state index is 0.0171. The molecule has 0 spiro atoms. The van der Waals surface area contributed by atoms with Gasteiger partial charge in [-0.05, 0) is 23.8 Å². The first-order chi connectivity index (χ1) is 9.48. The third-order valence-electron chi connectivity index (χ3n) is 4.46. The molecular formula is C16H21NO3. The summed E-state index contributed by atoms with van der Waals surface area (Å²) in [6.07, 6.45) is 1.88. The van der Waals surface area contributed by atoms with E-state index in [-0.39, 0.29) is 23.8 Å². The molecule has 2 N–H and O–H groups in total. The van der Waals surface area contributed by atoms with Crippen molar-refractivity contribution in [1.82, 2.24) is 5.32 Å². The fraction of sp³-hybridized carbons (Fsp3) is 0.500. The summed E-state index contributed by atoms with van der Waals surface area (Å²) in [7, 11) is 0. The summed E-state index contributed by atoms with van der Waals surface area (Å²) in [5.41, 5.74) is 0.824. The lowest BCUT2D eigenvalue weighted by Crippen LogP contribution is -2.33. The molecule has 0 radical (unpaired) electrons. The zero-order valence-electron chi connectivity index (χ0n) is 11.9. The van der Waals surface area contributed by atoms with Crippen molar-refractivity contribution in [1.29, 1.82) is 0 Å². The first-order valence-corrected chi connectivity index (χ1v) is 7.03. The first kappa shape index (κ1) is 14.6. The second-order valence-electron chi connectivity index (χ2n) is 5.81. The van der Waals surface area contributed by atoms with E-state index in [1.54, 1.807) is 12.1 Å². The first-order valence-electron chi connectivity index (χ1n) is 7.03. The van der Waals surface area contributed by atoms with Gasteiger partial charge in [0.2, 0.25) is 5.91 Å². The van der Waals surface area contributed by atoms with Gasteiger partial charge < -0.3 is 10.4 Å². The van der Waals surface area contributed by atoms with Gasteiger partial charge >= 0.3 is 5.97 Å². The molecule has 1 aliphatic rings. The number of aliphatic carboxylic acids is 1. The predicted molar refractivity (Wildman–Crippen MR) is 76.3 cm³/mol. The maximum absolute atomic E-state index is 12.0. The standard InChI is InChI=1S/C16H21NO3/c1-3-16(2)9-13(16)14(18)17-10-12(15(19)20)11-7-5-4-6-8-11/h4-8,12-13H,3,9-10H2,1-2H3,(H,17,18)(H,19,20). The van der Waals surface area contributed by atoms with Crippen LogP contribution in [0.4, 0.5) is 0 Å². The summed E-state index contributed by atoms with van der Waals surface area (Å²) in [6, 6.07) is 9.01. The Kier molecular flexibility index (Phi) is 4.12. The van der Waals surface area contributed by atoms with E-state index in [9.17, 15) is 14.7 Å². The van der Waals surface area contributed by atoms with Crippen LogP contribution in [-0.2, 0) is 9.59 Å². The van der Waals surface area contributed by atoms with Crippen LogP contribution in [0.2, 0.25) is 0 Å². The largest absolute Gasteiger partial charge is 0.481 e. The predicted octanol–water partition coefficient (Wildman–Crippen LogP) is 2.41. The molecule has 0 bridgehead atoms. The summed E-state index contributed by atoms with van der Waals surface area (Å²) in [6.45, 7) is 4.33. The van der Waals surface area contributed by atoms with Crippen LogP contribution in [0, 0.1) is 11.3 Å². The molecule has 2 rings (SSSR count). The minimum Gasteiger partial charge on any atom is -0.481 e. The number of carboxylic acid groups (broad SMARTS) is 1. The van der Waals surface area contributed by atoms with Crippen molar-refractivity contribution in [2.45, 2.75) is 32.6 Å². The number of carbonyl (C=O) groups excluding carboxylic acids is 1. The topological polar surface area (TPSA) is 66.4 Å². The lowest BCUT2D eigenvalue weighted by molar-refractivity contribution is -0.138. The van der Waals surface area contributed by atoms with Crippen LogP contribution in [-0.4, -0.2) is 23.5 Å². The summed E-state index contributed by atoms with van der Waals surface area (Å²) in [5.74, 6) is -1.58. The molecule has 108 valence electrons. The average molecular weight is 275 g/mol. The second-order valence-corrected chi connectivity index (χ2v) is 5.81. The van der Waals surface area contributed by atoms with E-state index >= 15 is 0 Å². The molecule has 1 fully saturated rings. The van der Waals surface area contributed by atoms with E-state index in [1.165, 1.54) is 0 Å². The highest BCUT2D eigenvalue weighted by Gasteiger charge is 2.52. The highest BCUT2D eigenvalue weighted by atomic mass is 16.4. The van der Waals surface area contributed by atoms with Crippen molar-refractivity contribution >= 4 is 11.9 Å². The quantitative estimate of drug-likeness (QED) is 0.837. The molecule has 1 amide bonds. The Labute approximate surface area is 119 Å². The fourth-order valence-corrected chi connectivity index (χ4v) is 2.57. The van der Waals surface area contributed by atoms with Crippen LogP contribution in [0.1, 0.15) is 38.2 Å². The summed E-state index contributed by atoms with van der Waals surface area (Å²) < 4.78 is 0. The normalized spacial score (nSPS) is 25.8. The SMILES string of the molecule is CCC1(C)CC1C(=O)NCC(C(=O)O)c1ccccc1. The summed E-state index contributed by atoms with van der Waals surface area (Å²) >= 11 is 0. The Hall–Kier alpha value is -1.84. The Morgan fingerprint density at radius 2 is 2.05 bits per heavy atom. The molecule has 1 saturated carbocycles. The van der Waals surface area contributed by atoms with Crippen molar-refractivity contribution in [2.24, 2.45) is 11.3 Å². The Bertz CT molecular complexity index is 500. The van der Waals surface area contributed by atoms with Crippen LogP contribution in [0.3, 0.4) is 0 Å². The van der Waals surface area contributed by atoms with E-state index in [2.05, 4.69) is 19.2 Å². The van der Waals surface area contributed by atoms with Gasteiger partial charge in [-0.1, -0.05) is 44.2 Å². The highest BCUT2D eigenvalue weighted by molar-refractivity contribution is 5.84.